The van der Waals surface area contributed by atoms with Crippen LogP contribution in [0, 0.1) is 0 Å². The maximum Gasteiger partial charge on any atom is 0.244 e. The molecular formula is C21H23N5O. The normalized spacial score (nSPS) is 13.1. The summed E-state index contributed by atoms with van der Waals surface area (Å²) in [4.78, 5) is 6.91. The van der Waals surface area contributed by atoms with Crippen molar-refractivity contribution in [2.24, 2.45) is 0 Å². The minimum Gasteiger partial charge on any atom is -0.496 e. The third-order valence-electron chi connectivity index (χ3n) is 4.87. The second-order valence-corrected chi connectivity index (χ2v) is 6.57. The Bertz CT molecular complexity index is 914. The number of methoxy groups -OCH3 is 1. The lowest BCUT2D eigenvalue weighted by Gasteiger charge is -2.29. The number of ether oxygens (including phenoxy) is 1. The van der Waals surface area contributed by atoms with Gasteiger partial charge in [0.1, 0.15) is 5.75 Å². The van der Waals surface area contributed by atoms with Crippen molar-refractivity contribution >= 4 is 11.8 Å². The molecule has 1 aliphatic heterocycles. The molecular weight excluding hydrogens is 338 g/mol. The van der Waals surface area contributed by atoms with Crippen LogP contribution in [0.4, 0.5) is 11.8 Å². The molecule has 1 aliphatic rings. The van der Waals surface area contributed by atoms with Gasteiger partial charge in [0.15, 0.2) is 5.82 Å². The van der Waals surface area contributed by atoms with Crippen molar-refractivity contribution in [2.75, 3.05) is 30.4 Å². The van der Waals surface area contributed by atoms with E-state index in [2.05, 4.69) is 55.7 Å². The standard InChI is InChI=1S/C21H23N5O/c1-27-19-9-5-4-7-17(19)10-12-22-21-24-20(14-23-25-21)26-13-11-16-6-2-3-8-18(16)15-26/h2-9,14H,10-13,15H2,1H3,(H,22,24,25). The summed E-state index contributed by atoms with van der Waals surface area (Å²) in [5.74, 6) is 2.32. The number of nitrogens with one attached hydrogen (secondary N) is 1. The van der Waals surface area contributed by atoms with Crippen LogP contribution in [0.1, 0.15) is 16.7 Å². The predicted octanol–water partition coefficient (Wildman–Crippen LogP) is 3.10. The van der Waals surface area contributed by atoms with Gasteiger partial charge in [0.2, 0.25) is 5.95 Å². The molecule has 2 aromatic carbocycles. The lowest BCUT2D eigenvalue weighted by atomic mass is 10.0. The molecule has 0 bridgehead atoms. The maximum atomic E-state index is 5.40. The number of nitrogens with zero attached hydrogens (tertiary/aromatic N) is 4. The summed E-state index contributed by atoms with van der Waals surface area (Å²) in [7, 11) is 1.69. The van der Waals surface area contributed by atoms with Gasteiger partial charge in [0.05, 0.1) is 13.3 Å². The molecule has 0 aliphatic carbocycles. The van der Waals surface area contributed by atoms with Crippen LogP contribution < -0.4 is 15.0 Å². The summed E-state index contributed by atoms with van der Waals surface area (Å²) in [6.07, 6.45) is 3.59. The van der Waals surface area contributed by atoms with E-state index in [1.807, 2.05) is 18.2 Å². The molecule has 2 heterocycles. The number of para-hydroxylation sites is 1. The van der Waals surface area contributed by atoms with Crippen LogP contribution in [0.15, 0.2) is 54.7 Å². The number of hydrogen-bond donors (Lipinski definition) is 1. The lowest BCUT2D eigenvalue weighted by Crippen LogP contribution is -2.31. The number of rotatable bonds is 6. The quantitative estimate of drug-likeness (QED) is 0.728. The second-order valence-electron chi connectivity index (χ2n) is 6.57. The summed E-state index contributed by atoms with van der Waals surface area (Å²) >= 11 is 0. The van der Waals surface area contributed by atoms with Crippen molar-refractivity contribution in [1.82, 2.24) is 15.2 Å². The Morgan fingerprint density at radius 2 is 1.89 bits per heavy atom. The van der Waals surface area contributed by atoms with E-state index >= 15 is 0 Å². The van der Waals surface area contributed by atoms with Crippen molar-refractivity contribution in [3.8, 4) is 5.75 Å². The topological polar surface area (TPSA) is 63.2 Å². The smallest absolute Gasteiger partial charge is 0.244 e. The molecule has 27 heavy (non-hydrogen) atoms. The van der Waals surface area contributed by atoms with Gasteiger partial charge < -0.3 is 15.0 Å². The van der Waals surface area contributed by atoms with E-state index in [1.165, 1.54) is 11.1 Å². The van der Waals surface area contributed by atoms with Gasteiger partial charge in [-0.1, -0.05) is 42.5 Å². The molecule has 0 spiro atoms. The van der Waals surface area contributed by atoms with Crippen LogP contribution in [-0.2, 0) is 19.4 Å². The fourth-order valence-electron chi connectivity index (χ4n) is 3.43. The van der Waals surface area contributed by atoms with Crippen molar-refractivity contribution < 1.29 is 4.74 Å². The van der Waals surface area contributed by atoms with Crippen LogP contribution in [0.2, 0.25) is 0 Å². The van der Waals surface area contributed by atoms with Crippen molar-refractivity contribution in [3.05, 3.63) is 71.4 Å². The first-order valence-electron chi connectivity index (χ1n) is 9.21. The highest BCUT2D eigenvalue weighted by molar-refractivity contribution is 5.45. The molecule has 6 heteroatoms. The zero-order chi connectivity index (χ0) is 18.5. The summed E-state index contributed by atoms with van der Waals surface area (Å²) in [5.41, 5.74) is 3.93. The third kappa shape index (κ3) is 4.00. The molecule has 1 N–H and O–H groups in total. The Hall–Kier alpha value is -3.15. The molecule has 6 nitrogen and oxygen atoms in total. The zero-order valence-corrected chi connectivity index (χ0v) is 15.4. The number of aromatic nitrogens is 3. The fraction of sp³-hybridized carbons (Fsp3) is 0.286. The van der Waals surface area contributed by atoms with Crippen LogP contribution in [0.25, 0.3) is 0 Å². The third-order valence-corrected chi connectivity index (χ3v) is 4.87. The van der Waals surface area contributed by atoms with Gasteiger partial charge in [-0.15, -0.1) is 5.10 Å². The summed E-state index contributed by atoms with van der Waals surface area (Å²) < 4.78 is 5.40. The molecule has 138 valence electrons. The number of benzene rings is 2. The van der Waals surface area contributed by atoms with Crippen LogP contribution >= 0.6 is 0 Å². The molecule has 0 saturated heterocycles. The molecule has 0 saturated carbocycles. The summed E-state index contributed by atoms with van der Waals surface area (Å²) in [6.45, 7) is 2.51. The fourth-order valence-corrected chi connectivity index (χ4v) is 3.43. The number of fused-ring (bicyclic) bond motifs is 1. The van der Waals surface area contributed by atoms with E-state index in [0.29, 0.717) is 12.5 Å². The van der Waals surface area contributed by atoms with Gasteiger partial charge in [0, 0.05) is 19.6 Å². The van der Waals surface area contributed by atoms with Gasteiger partial charge in [-0.05, 0) is 35.6 Å². The molecule has 0 atom stereocenters. The molecule has 0 radical (unpaired) electrons. The summed E-state index contributed by atoms with van der Waals surface area (Å²) in [6, 6.07) is 16.6. The molecule has 0 unspecified atom stereocenters. The van der Waals surface area contributed by atoms with Crippen LogP contribution in [0.5, 0.6) is 5.75 Å². The van der Waals surface area contributed by atoms with Gasteiger partial charge in [0.25, 0.3) is 0 Å². The molecule has 0 fully saturated rings. The predicted molar refractivity (Wildman–Crippen MR) is 106 cm³/mol. The number of hydrogen-bond acceptors (Lipinski definition) is 6. The average molecular weight is 361 g/mol. The molecule has 1 aromatic heterocycles. The SMILES string of the molecule is COc1ccccc1CCNc1nncc(N2CCc3ccccc3C2)n1. The van der Waals surface area contributed by atoms with E-state index in [0.717, 1.165) is 43.1 Å². The minimum atomic E-state index is 0.557. The Balaban J connectivity index is 1.40. The monoisotopic (exact) mass is 361 g/mol. The first-order valence-corrected chi connectivity index (χ1v) is 9.21. The van der Waals surface area contributed by atoms with E-state index < -0.39 is 0 Å². The Morgan fingerprint density at radius 1 is 1.07 bits per heavy atom. The maximum absolute atomic E-state index is 5.40. The average Bonchev–Trinajstić information content (AvgIpc) is 2.74. The van der Waals surface area contributed by atoms with E-state index in [1.54, 1.807) is 13.3 Å². The Kier molecular flexibility index (Phi) is 5.14. The van der Waals surface area contributed by atoms with Crippen molar-refractivity contribution in [1.29, 1.82) is 0 Å². The first-order chi connectivity index (χ1) is 13.3. The van der Waals surface area contributed by atoms with Gasteiger partial charge in [-0.2, -0.15) is 10.1 Å². The first kappa shape index (κ1) is 17.3. The zero-order valence-electron chi connectivity index (χ0n) is 15.4. The Labute approximate surface area is 159 Å². The van der Waals surface area contributed by atoms with Crippen LogP contribution in [-0.4, -0.2) is 35.4 Å². The van der Waals surface area contributed by atoms with E-state index in [4.69, 9.17) is 4.74 Å². The summed E-state index contributed by atoms with van der Waals surface area (Å²) in [5, 5.41) is 11.5. The Morgan fingerprint density at radius 3 is 2.78 bits per heavy atom. The lowest BCUT2D eigenvalue weighted by molar-refractivity contribution is 0.410. The minimum absolute atomic E-state index is 0.557. The van der Waals surface area contributed by atoms with E-state index in [-0.39, 0.29) is 0 Å². The molecule has 3 aromatic rings. The van der Waals surface area contributed by atoms with E-state index in [9.17, 15) is 0 Å². The highest BCUT2D eigenvalue weighted by Gasteiger charge is 2.17. The highest BCUT2D eigenvalue weighted by Crippen LogP contribution is 2.23. The number of anilines is 2. The van der Waals surface area contributed by atoms with Crippen molar-refractivity contribution in [2.45, 2.75) is 19.4 Å². The highest BCUT2D eigenvalue weighted by atomic mass is 16.5. The largest absolute Gasteiger partial charge is 0.496 e. The van der Waals surface area contributed by atoms with Crippen LogP contribution in [0.3, 0.4) is 0 Å². The second kappa shape index (κ2) is 8.03. The molecule has 0 amide bonds. The van der Waals surface area contributed by atoms with Crippen molar-refractivity contribution in [3.63, 3.8) is 0 Å². The van der Waals surface area contributed by atoms with Gasteiger partial charge in [-0.3, -0.25) is 0 Å². The molecule has 4 rings (SSSR count). The van der Waals surface area contributed by atoms with Gasteiger partial charge >= 0.3 is 0 Å². The van der Waals surface area contributed by atoms with Gasteiger partial charge in [-0.25, -0.2) is 0 Å².